The number of carbonyl (C=O) groups is 1. The van der Waals surface area contributed by atoms with Gasteiger partial charge >= 0.3 is 0 Å². The number of unbranched alkanes of at least 4 members (excludes halogenated alkanes) is 38. The molecule has 0 aliphatic heterocycles. The summed E-state index contributed by atoms with van der Waals surface area (Å²) in [6, 6.07) is -0.627. The van der Waals surface area contributed by atoms with Crippen LogP contribution in [0.5, 0.6) is 0 Å². The number of nitrogens with one attached hydrogen (secondary N) is 1. The highest BCUT2D eigenvalue weighted by Gasteiger charge is 2.18. The topological polar surface area (TPSA) is 69.6 Å². The van der Waals surface area contributed by atoms with Crippen molar-refractivity contribution in [3.63, 3.8) is 0 Å². The van der Waals surface area contributed by atoms with Gasteiger partial charge in [0.15, 0.2) is 0 Å². The summed E-state index contributed by atoms with van der Waals surface area (Å²) in [5.41, 5.74) is 0. The molecular formula is C58H109NO3. The van der Waals surface area contributed by atoms with Crippen LogP contribution < -0.4 is 5.32 Å². The number of hydrogen-bond acceptors (Lipinski definition) is 3. The van der Waals surface area contributed by atoms with E-state index in [0.29, 0.717) is 6.42 Å². The largest absolute Gasteiger partial charge is 0.394 e. The van der Waals surface area contributed by atoms with Gasteiger partial charge in [-0.25, -0.2) is 0 Å². The minimum absolute atomic E-state index is 0.0656. The Morgan fingerprint density at radius 3 is 0.984 bits per heavy atom. The maximum absolute atomic E-state index is 12.5. The van der Waals surface area contributed by atoms with Crippen molar-refractivity contribution >= 4 is 5.91 Å². The van der Waals surface area contributed by atoms with E-state index in [0.717, 1.165) is 38.5 Å². The van der Waals surface area contributed by atoms with Gasteiger partial charge < -0.3 is 15.5 Å². The number of carbonyl (C=O) groups excluding carboxylic acids is 1. The van der Waals surface area contributed by atoms with Crippen molar-refractivity contribution in [2.24, 2.45) is 0 Å². The van der Waals surface area contributed by atoms with Gasteiger partial charge in [-0.1, -0.05) is 281 Å². The Bertz CT molecular complexity index is 985. The number of aliphatic hydroxyl groups is 2. The predicted octanol–water partition coefficient (Wildman–Crippen LogP) is 18.3. The first-order chi connectivity index (χ1) is 30.7. The fourth-order valence-corrected chi connectivity index (χ4v) is 8.54. The lowest BCUT2D eigenvalue weighted by Gasteiger charge is -2.20. The monoisotopic (exact) mass is 868 g/mol. The standard InChI is InChI=1S/C58H109NO3/c1-3-5-7-9-11-13-15-17-19-21-23-25-27-29-31-33-35-37-39-41-43-45-47-49-51-53-57(61)56(55-60)59-58(62)54-52-50-48-46-44-42-40-38-36-34-32-30-28-26-24-22-20-18-16-14-12-10-8-6-4-2/h16,18,22,24,28,30,51,53,56-57,60-61H,3-15,17,19-21,23,25-27,29,31-50,52,54-55H2,1-2H3,(H,59,62)/b18-16-,24-22-,30-28-,53-51+. The molecule has 2 unspecified atom stereocenters. The highest BCUT2D eigenvalue weighted by atomic mass is 16.3. The first-order valence-corrected chi connectivity index (χ1v) is 27.9. The van der Waals surface area contributed by atoms with Crippen molar-refractivity contribution in [3.05, 3.63) is 48.6 Å². The van der Waals surface area contributed by atoms with Crippen molar-refractivity contribution in [1.29, 1.82) is 0 Å². The number of aliphatic hydroxyl groups excluding tert-OH is 2. The summed E-state index contributed by atoms with van der Waals surface area (Å²) < 4.78 is 0. The van der Waals surface area contributed by atoms with E-state index in [9.17, 15) is 15.0 Å². The molecule has 0 aromatic carbocycles. The van der Waals surface area contributed by atoms with E-state index in [1.807, 2.05) is 6.08 Å². The molecule has 0 fully saturated rings. The molecule has 4 heteroatoms. The zero-order chi connectivity index (χ0) is 44.9. The third kappa shape index (κ3) is 49.4. The third-order valence-electron chi connectivity index (χ3n) is 12.8. The van der Waals surface area contributed by atoms with E-state index in [1.54, 1.807) is 6.08 Å². The zero-order valence-electron chi connectivity index (χ0n) is 41.9. The second kappa shape index (κ2) is 53.7. The lowest BCUT2D eigenvalue weighted by atomic mass is 10.0. The van der Waals surface area contributed by atoms with Gasteiger partial charge in [-0.15, -0.1) is 0 Å². The molecule has 1 amide bonds. The highest BCUT2D eigenvalue weighted by molar-refractivity contribution is 5.76. The summed E-state index contributed by atoms with van der Waals surface area (Å²) in [7, 11) is 0. The van der Waals surface area contributed by atoms with Crippen LogP contribution in [-0.2, 0) is 4.79 Å². The Kier molecular flexibility index (Phi) is 52.3. The van der Waals surface area contributed by atoms with Crippen LogP contribution >= 0.6 is 0 Å². The molecule has 0 aromatic rings. The van der Waals surface area contributed by atoms with Gasteiger partial charge in [0.25, 0.3) is 0 Å². The van der Waals surface area contributed by atoms with Crippen LogP contribution in [0, 0.1) is 0 Å². The van der Waals surface area contributed by atoms with E-state index in [1.165, 1.54) is 238 Å². The second-order valence-electron chi connectivity index (χ2n) is 19.0. The van der Waals surface area contributed by atoms with Crippen LogP contribution in [0.1, 0.15) is 296 Å². The molecule has 0 radical (unpaired) electrons. The minimum atomic E-state index is -0.843. The summed E-state index contributed by atoms with van der Waals surface area (Å²) in [6.07, 6.45) is 74.1. The Labute approximate surface area is 388 Å². The highest BCUT2D eigenvalue weighted by Crippen LogP contribution is 2.17. The Balaban J connectivity index is 3.52. The summed E-state index contributed by atoms with van der Waals surface area (Å²) in [4.78, 5) is 12.5. The van der Waals surface area contributed by atoms with Crippen LogP contribution in [0.15, 0.2) is 48.6 Å². The second-order valence-corrected chi connectivity index (χ2v) is 19.0. The molecule has 4 nitrogen and oxygen atoms in total. The summed E-state index contributed by atoms with van der Waals surface area (Å²) in [5, 5.41) is 23.2. The first-order valence-electron chi connectivity index (χ1n) is 27.9. The van der Waals surface area contributed by atoms with E-state index in [2.05, 4.69) is 55.6 Å². The molecule has 62 heavy (non-hydrogen) atoms. The van der Waals surface area contributed by atoms with Crippen molar-refractivity contribution in [3.8, 4) is 0 Å². The van der Waals surface area contributed by atoms with Crippen LogP contribution in [-0.4, -0.2) is 34.9 Å². The number of rotatable bonds is 51. The van der Waals surface area contributed by atoms with Gasteiger partial charge in [-0.05, 0) is 57.8 Å². The summed E-state index contributed by atoms with van der Waals surface area (Å²) in [6.45, 7) is 4.32. The Morgan fingerprint density at radius 1 is 0.387 bits per heavy atom. The molecule has 3 N–H and O–H groups in total. The Hall–Kier alpha value is -1.65. The quantitative estimate of drug-likeness (QED) is 0.0421. The average molecular weight is 869 g/mol. The van der Waals surface area contributed by atoms with Crippen molar-refractivity contribution in [2.45, 2.75) is 309 Å². The van der Waals surface area contributed by atoms with Gasteiger partial charge in [0.1, 0.15) is 0 Å². The van der Waals surface area contributed by atoms with Gasteiger partial charge in [0, 0.05) is 6.42 Å². The molecule has 0 heterocycles. The molecule has 0 aliphatic carbocycles. The Morgan fingerprint density at radius 2 is 0.661 bits per heavy atom. The average Bonchev–Trinajstić information content (AvgIpc) is 3.28. The third-order valence-corrected chi connectivity index (χ3v) is 12.8. The van der Waals surface area contributed by atoms with Gasteiger partial charge in [0.05, 0.1) is 18.8 Å². The van der Waals surface area contributed by atoms with Crippen molar-refractivity contribution in [2.75, 3.05) is 6.61 Å². The van der Waals surface area contributed by atoms with E-state index in [-0.39, 0.29) is 12.5 Å². The lowest BCUT2D eigenvalue weighted by molar-refractivity contribution is -0.123. The number of amides is 1. The van der Waals surface area contributed by atoms with Gasteiger partial charge in [-0.3, -0.25) is 4.79 Å². The molecule has 0 saturated carbocycles. The first kappa shape index (κ1) is 60.4. The summed E-state index contributed by atoms with van der Waals surface area (Å²) in [5.74, 6) is -0.0656. The molecule has 0 bridgehead atoms. The smallest absolute Gasteiger partial charge is 0.220 e. The molecule has 364 valence electrons. The number of allylic oxidation sites excluding steroid dienone is 7. The maximum atomic E-state index is 12.5. The molecule has 0 rings (SSSR count). The maximum Gasteiger partial charge on any atom is 0.220 e. The van der Waals surface area contributed by atoms with E-state index < -0.39 is 12.1 Å². The zero-order valence-corrected chi connectivity index (χ0v) is 41.9. The van der Waals surface area contributed by atoms with Crippen LogP contribution in [0.3, 0.4) is 0 Å². The van der Waals surface area contributed by atoms with E-state index >= 15 is 0 Å². The molecule has 0 aromatic heterocycles. The van der Waals surface area contributed by atoms with Crippen LogP contribution in [0.2, 0.25) is 0 Å². The number of hydrogen-bond donors (Lipinski definition) is 3. The molecule has 0 aliphatic rings. The molecule has 2 atom stereocenters. The van der Waals surface area contributed by atoms with Crippen LogP contribution in [0.25, 0.3) is 0 Å². The van der Waals surface area contributed by atoms with Crippen molar-refractivity contribution in [1.82, 2.24) is 5.32 Å². The van der Waals surface area contributed by atoms with Crippen LogP contribution in [0.4, 0.5) is 0 Å². The van der Waals surface area contributed by atoms with Crippen molar-refractivity contribution < 1.29 is 15.0 Å². The molecular weight excluding hydrogens is 759 g/mol. The molecule has 0 spiro atoms. The fourth-order valence-electron chi connectivity index (χ4n) is 8.54. The normalized spacial score (nSPS) is 13.2. The molecule has 0 saturated heterocycles. The predicted molar refractivity (Wildman–Crippen MR) is 276 cm³/mol. The lowest BCUT2D eigenvalue weighted by Crippen LogP contribution is -2.45. The van der Waals surface area contributed by atoms with Gasteiger partial charge in [-0.2, -0.15) is 0 Å². The van der Waals surface area contributed by atoms with Gasteiger partial charge in [0.2, 0.25) is 5.91 Å². The summed E-state index contributed by atoms with van der Waals surface area (Å²) >= 11 is 0. The SMILES string of the molecule is CCCCCCC/C=C\C/C=C\C/C=C\CCCCCCCCCCCCC(=O)NC(CO)C(O)/C=C/CCCCCCCCCCCCCCCCCCCCCCCCC. The fraction of sp³-hybridized carbons (Fsp3) is 0.845. The van der Waals surface area contributed by atoms with E-state index in [4.69, 9.17) is 0 Å². The minimum Gasteiger partial charge on any atom is -0.394 e.